The van der Waals surface area contributed by atoms with Crippen molar-refractivity contribution in [2.24, 2.45) is 5.73 Å². The molecule has 2 aromatic carbocycles. The van der Waals surface area contributed by atoms with Gasteiger partial charge in [-0.15, -0.1) is 0 Å². The van der Waals surface area contributed by atoms with Crippen LogP contribution in [0.15, 0.2) is 58.3 Å². The van der Waals surface area contributed by atoms with Gasteiger partial charge in [0, 0.05) is 6.04 Å². The molecule has 0 aliphatic rings. The van der Waals surface area contributed by atoms with Gasteiger partial charge in [0.1, 0.15) is 0 Å². The summed E-state index contributed by atoms with van der Waals surface area (Å²) in [4.78, 5) is -0.133. The van der Waals surface area contributed by atoms with E-state index in [1.54, 1.807) is 24.3 Å². The summed E-state index contributed by atoms with van der Waals surface area (Å²) in [5, 5.41) is 0. The molecule has 0 aromatic heterocycles. The van der Waals surface area contributed by atoms with Crippen LogP contribution in [0.1, 0.15) is 69.9 Å². The van der Waals surface area contributed by atoms with Crippen molar-refractivity contribution in [1.82, 2.24) is 0 Å². The Bertz CT molecular complexity index is 913. The molecule has 0 radical (unpaired) electrons. The zero-order valence-electron chi connectivity index (χ0n) is 20.1. The molecule has 0 fully saturated rings. The average Bonchev–Trinajstić information content (AvgIpc) is 2.72. The number of nitrogens with two attached hydrogens (primary N) is 1. The summed E-state index contributed by atoms with van der Waals surface area (Å²) >= 11 is 0. The molecule has 7 nitrogen and oxygen atoms in total. The van der Waals surface area contributed by atoms with Crippen molar-refractivity contribution >= 4 is 20.2 Å². The highest BCUT2D eigenvalue weighted by Crippen LogP contribution is 2.09. The molecule has 0 saturated carbocycles. The van der Waals surface area contributed by atoms with Gasteiger partial charge in [-0.1, -0.05) is 81.3 Å². The number of unbranched alkanes of at least 4 members (excludes halogenated alkanes) is 3. The molecular formula is C24H39NO6S2. The quantitative estimate of drug-likeness (QED) is 0.302. The van der Waals surface area contributed by atoms with E-state index in [0.717, 1.165) is 11.1 Å². The lowest BCUT2D eigenvalue weighted by Crippen LogP contribution is -2.18. The second-order valence-corrected chi connectivity index (χ2v) is 10.8. The van der Waals surface area contributed by atoms with E-state index in [4.69, 9.17) is 14.8 Å². The summed E-state index contributed by atoms with van der Waals surface area (Å²) in [6, 6.07) is 12.4. The van der Waals surface area contributed by atoms with E-state index < -0.39 is 20.2 Å². The van der Waals surface area contributed by atoms with Crippen molar-refractivity contribution in [3.63, 3.8) is 0 Å². The van der Waals surface area contributed by atoms with Crippen molar-refractivity contribution in [2.75, 3.05) is 0 Å². The molecule has 0 saturated heterocycles. The van der Waals surface area contributed by atoms with E-state index in [2.05, 4.69) is 13.8 Å². The monoisotopic (exact) mass is 501 g/mol. The fraction of sp³-hybridized carbons (Fsp3) is 0.500. The first-order chi connectivity index (χ1) is 15.3. The van der Waals surface area contributed by atoms with Crippen LogP contribution in [0.2, 0.25) is 0 Å². The van der Waals surface area contributed by atoms with Crippen LogP contribution in [0, 0.1) is 13.8 Å². The van der Waals surface area contributed by atoms with Gasteiger partial charge < -0.3 is 5.73 Å². The summed E-state index contributed by atoms with van der Waals surface area (Å²) < 4.78 is 59.1. The molecule has 0 bridgehead atoms. The van der Waals surface area contributed by atoms with E-state index in [-0.39, 0.29) is 9.79 Å². The molecule has 9 heteroatoms. The Morgan fingerprint density at radius 2 is 1.06 bits per heavy atom. The van der Waals surface area contributed by atoms with E-state index in [1.165, 1.54) is 69.2 Å². The SMILES string of the molecule is CCCCCCC(N)CCC.Cc1ccc(S(=O)(=O)O)cc1.Cc1ccc(S(=O)(=O)O)cc1. The molecule has 0 spiro atoms. The molecule has 0 aliphatic carbocycles. The first-order valence-corrected chi connectivity index (χ1v) is 14.0. The van der Waals surface area contributed by atoms with Crippen LogP contribution in [0.25, 0.3) is 0 Å². The molecule has 1 unspecified atom stereocenters. The van der Waals surface area contributed by atoms with Crippen molar-refractivity contribution in [1.29, 1.82) is 0 Å². The molecule has 1 atom stereocenters. The topological polar surface area (TPSA) is 135 Å². The normalized spacial score (nSPS) is 12.1. The second kappa shape index (κ2) is 16.0. The van der Waals surface area contributed by atoms with Crippen LogP contribution < -0.4 is 5.73 Å². The Kier molecular flexibility index (Phi) is 15.1. The third kappa shape index (κ3) is 15.6. The lowest BCUT2D eigenvalue weighted by atomic mass is 10.0. The highest BCUT2D eigenvalue weighted by molar-refractivity contribution is 7.86. The van der Waals surface area contributed by atoms with E-state index in [9.17, 15) is 16.8 Å². The minimum absolute atomic E-state index is 0.0666. The first-order valence-electron chi connectivity index (χ1n) is 11.1. The Balaban J connectivity index is 0.000000465. The Labute approximate surface area is 199 Å². The van der Waals surface area contributed by atoms with Crippen LogP contribution in [-0.4, -0.2) is 32.0 Å². The Morgan fingerprint density at radius 3 is 1.36 bits per heavy atom. The van der Waals surface area contributed by atoms with Gasteiger partial charge in [0.05, 0.1) is 9.79 Å². The number of hydrogen-bond acceptors (Lipinski definition) is 5. The van der Waals surface area contributed by atoms with E-state index >= 15 is 0 Å². The van der Waals surface area contributed by atoms with E-state index in [1.807, 2.05) is 13.8 Å². The third-order valence-electron chi connectivity index (χ3n) is 4.73. The highest BCUT2D eigenvalue weighted by Gasteiger charge is 2.07. The molecule has 2 rings (SSSR count). The predicted molar refractivity (Wildman–Crippen MR) is 134 cm³/mol. The van der Waals surface area contributed by atoms with Gasteiger partial charge in [-0.05, 0) is 51.0 Å². The first kappa shape index (κ1) is 31.2. The summed E-state index contributed by atoms with van der Waals surface area (Å²) in [6.45, 7) is 8.12. The summed E-state index contributed by atoms with van der Waals surface area (Å²) in [6.07, 6.45) is 9.06. The summed E-state index contributed by atoms with van der Waals surface area (Å²) in [5.41, 5.74) is 7.78. The van der Waals surface area contributed by atoms with Crippen molar-refractivity contribution < 1.29 is 25.9 Å². The van der Waals surface area contributed by atoms with Crippen LogP contribution in [0.4, 0.5) is 0 Å². The lowest BCUT2D eigenvalue weighted by Gasteiger charge is -2.08. The van der Waals surface area contributed by atoms with Crippen LogP contribution in [0.3, 0.4) is 0 Å². The largest absolute Gasteiger partial charge is 0.328 e. The van der Waals surface area contributed by atoms with Crippen LogP contribution in [-0.2, 0) is 20.2 Å². The number of aryl methyl sites for hydroxylation is 2. The number of hydrogen-bond donors (Lipinski definition) is 3. The smallest absolute Gasteiger partial charge is 0.294 e. The molecular weight excluding hydrogens is 462 g/mol. The molecule has 0 amide bonds. The average molecular weight is 502 g/mol. The van der Waals surface area contributed by atoms with Gasteiger partial charge in [0.25, 0.3) is 20.2 Å². The molecule has 0 aliphatic heterocycles. The van der Waals surface area contributed by atoms with Crippen molar-refractivity contribution in [2.45, 2.75) is 88.5 Å². The standard InChI is InChI=1S/C10H23N.2C7H8O3S/c1-3-5-6-7-9-10(11)8-4-2;2*1-6-2-4-7(5-3-6)11(8,9)10/h10H,3-9,11H2,1-2H3;2*2-5H,1H3,(H,8,9,10). The third-order valence-corrected chi connectivity index (χ3v) is 6.46. The van der Waals surface area contributed by atoms with Gasteiger partial charge in [0.2, 0.25) is 0 Å². The summed E-state index contributed by atoms with van der Waals surface area (Å²) in [7, 11) is -8.04. The maximum atomic E-state index is 10.5. The number of benzene rings is 2. The van der Waals surface area contributed by atoms with Gasteiger partial charge in [-0.25, -0.2) is 0 Å². The van der Waals surface area contributed by atoms with Gasteiger partial charge >= 0.3 is 0 Å². The van der Waals surface area contributed by atoms with Gasteiger partial charge in [-0.3, -0.25) is 9.11 Å². The Morgan fingerprint density at radius 1 is 0.667 bits per heavy atom. The zero-order chi connectivity index (χ0) is 25.5. The van der Waals surface area contributed by atoms with Crippen molar-refractivity contribution in [3.05, 3.63) is 59.7 Å². The van der Waals surface area contributed by atoms with Gasteiger partial charge in [0.15, 0.2) is 0 Å². The highest BCUT2D eigenvalue weighted by atomic mass is 32.2. The Hall–Kier alpha value is -1.78. The predicted octanol–water partition coefficient (Wildman–Crippen LogP) is 5.57. The van der Waals surface area contributed by atoms with E-state index in [0.29, 0.717) is 6.04 Å². The molecule has 4 N–H and O–H groups in total. The second-order valence-electron chi connectivity index (χ2n) is 7.97. The lowest BCUT2D eigenvalue weighted by molar-refractivity contribution is 0.481. The molecule has 33 heavy (non-hydrogen) atoms. The maximum absolute atomic E-state index is 10.5. The maximum Gasteiger partial charge on any atom is 0.294 e. The van der Waals surface area contributed by atoms with Crippen LogP contribution >= 0.6 is 0 Å². The zero-order valence-corrected chi connectivity index (χ0v) is 21.7. The van der Waals surface area contributed by atoms with Crippen LogP contribution in [0.5, 0.6) is 0 Å². The molecule has 2 aromatic rings. The van der Waals surface area contributed by atoms with Gasteiger partial charge in [-0.2, -0.15) is 16.8 Å². The van der Waals surface area contributed by atoms with Crippen molar-refractivity contribution in [3.8, 4) is 0 Å². The fourth-order valence-electron chi connectivity index (χ4n) is 2.77. The fourth-order valence-corrected chi connectivity index (χ4v) is 3.73. The minimum Gasteiger partial charge on any atom is -0.328 e. The summed E-state index contributed by atoms with van der Waals surface area (Å²) in [5.74, 6) is 0. The molecule has 188 valence electrons. The number of rotatable bonds is 9. The molecule has 0 heterocycles. The minimum atomic E-state index is -4.02.